The number of benzene rings is 1. The van der Waals surface area contributed by atoms with Gasteiger partial charge in [-0.15, -0.1) is 0 Å². The maximum Gasteiger partial charge on any atom is 0.433 e. The first-order chi connectivity index (χ1) is 9.15. The van der Waals surface area contributed by atoms with Crippen LogP contribution in [0.3, 0.4) is 0 Å². The van der Waals surface area contributed by atoms with E-state index in [4.69, 9.17) is 4.42 Å². The van der Waals surface area contributed by atoms with E-state index in [-0.39, 0.29) is 5.88 Å². The average Bonchev–Trinajstić information content (AvgIpc) is 2.98. The molecular formula is C14H12N2O3. The van der Waals surface area contributed by atoms with Crippen LogP contribution in [0.2, 0.25) is 0 Å². The van der Waals surface area contributed by atoms with Crippen LogP contribution in [0.4, 0.5) is 5.88 Å². The predicted molar refractivity (Wildman–Crippen MR) is 71.1 cm³/mol. The molecule has 0 N–H and O–H groups in total. The zero-order valence-electron chi connectivity index (χ0n) is 10.4. The molecule has 3 rings (SSSR count). The molecule has 0 amide bonds. The Morgan fingerprint density at radius 1 is 1.26 bits per heavy atom. The van der Waals surface area contributed by atoms with Crippen molar-refractivity contribution in [3.8, 4) is 0 Å². The van der Waals surface area contributed by atoms with Crippen LogP contribution in [0.25, 0.3) is 10.9 Å². The Kier molecular flexibility index (Phi) is 2.59. The smallest absolute Gasteiger partial charge is 0.404 e. The van der Waals surface area contributed by atoms with Crippen LogP contribution in [-0.2, 0) is 6.54 Å². The highest BCUT2D eigenvalue weighted by Gasteiger charge is 2.12. The van der Waals surface area contributed by atoms with Crippen LogP contribution >= 0.6 is 0 Å². The minimum Gasteiger partial charge on any atom is -0.404 e. The molecule has 0 fully saturated rings. The molecule has 0 atom stereocenters. The quantitative estimate of drug-likeness (QED) is 0.532. The Labute approximate surface area is 109 Å². The maximum absolute atomic E-state index is 10.6. The molecule has 2 heterocycles. The van der Waals surface area contributed by atoms with Gasteiger partial charge in [-0.05, 0) is 30.7 Å². The zero-order valence-corrected chi connectivity index (χ0v) is 10.4. The molecule has 0 radical (unpaired) electrons. The fourth-order valence-corrected chi connectivity index (χ4v) is 2.23. The molecule has 0 aliphatic carbocycles. The molecule has 0 aliphatic heterocycles. The van der Waals surface area contributed by atoms with Crippen molar-refractivity contribution in [1.29, 1.82) is 0 Å². The van der Waals surface area contributed by atoms with Gasteiger partial charge in [0.25, 0.3) is 0 Å². The second kappa shape index (κ2) is 4.28. The summed E-state index contributed by atoms with van der Waals surface area (Å²) >= 11 is 0. The Bertz CT molecular complexity index is 755. The van der Waals surface area contributed by atoms with Gasteiger partial charge >= 0.3 is 5.88 Å². The molecule has 0 spiro atoms. The van der Waals surface area contributed by atoms with Gasteiger partial charge < -0.3 is 8.98 Å². The first kappa shape index (κ1) is 11.5. The molecule has 5 heteroatoms. The van der Waals surface area contributed by atoms with E-state index in [1.54, 1.807) is 6.07 Å². The number of furan rings is 1. The molecule has 0 bridgehead atoms. The fourth-order valence-electron chi connectivity index (χ4n) is 2.23. The van der Waals surface area contributed by atoms with Gasteiger partial charge in [0.15, 0.2) is 0 Å². The summed E-state index contributed by atoms with van der Waals surface area (Å²) in [6.45, 7) is 2.55. The summed E-state index contributed by atoms with van der Waals surface area (Å²) in [5, 5.41) is 11.8. The molecule has 0 saturated carbocycles. The van der Waals surface area contributed by atoms with Crippen LogP contribution in [-0.4, -0.2) is 9.49 Å². The van der Waals surface area contributed by atoms with E-state index in [1.165, 1.54) is 17.0 Å². The Morgan fingerprint density at radius 2 is 2.11 bits per heavy atom. The topological polar surface area (TPSA) is 61.2 Å². The molecule has 0 saturated heterocycles. The number of rotatable bonds is 3. The lowest BCUT2D eigenvalue weighted by Gasteiger charge is -2.03. The molecular weight excluding hydrogens is 244 g/mol. The Morgan fingerprint density at radius 3 is 2.84 bits per heavy atom. The van der Waals surface area contributed by atoms with E-state index in [2.05, 4.69) is 13.0 Å². The summed E-state index contributed by atoms with van der Waals surface area (Å²) in [6.07, 6.45) is 1.96. The zero-order chi connectivity index (χ0) is 13.4. The van der Waals surface area contributed by atoms with E-state index < -0.39 is 4.92 Å². The molecule has 3 aromatic rings. The van der Waals surface area contributed by atoms with Gasteiger partial charge in [0.05, 0.1) is 12.6 Å². The van der Waals surface area contributed by atoms with Crippen molar-refractivity contribution in [2.45, 2.75) is 13.5 Å². The summed E-state index contributed by atoms with van der Waals surface area (Å²) in [5.74, 6) is 0.355. The van der Waals surface area contributed by atoms with Crippen LogP contribution in [0.1, 0.15) is 11.3 Å². The summed E-state index contributed by atoms with van der Waals surface area (Å²) in [5.41, 5.74) is 2.31. The fraction of sp³-hybridized carbons (Fsp3) is 0.143. The number of nitrogens with zero attached hydrogens (tertiary/aromatic N) is 2. The van der Waals surface area contributed by atoms with Gasteiger partial charge in [0.2, 0.25) is 0 Å². The molecule has 0 unspecified atom stereocenters. The van der Waals surface area contributed by atoms with Gasteiger partial charge in [-0.25, -0.2) is 0 Å². The monoisotopic (exact) mass is 256 g/mol. The van der Waals surface area contributed by atoms with E-state index in [0.717, 1.165) is 5.52 Å². The van der Waals surface area contributed by atoms with Crippen molar-refractivity contribution in [3.05, 3.63) is 64.0 Å². The molecule has 0 aliphatic rings. The highest BCUT2D eigenvalue weighted by atomic mass is 16.6. The normalized spacial score (nSPS) is 11.0. The summed E-state index contributed by atoms with van der Waals surface area (Å²) in [4.78, 5) is 10.1. The van der Waals surface area contributed by atoms with Crippen molar-refractivity contribution >= 4 is 16.8 Å². The SMILES string of the molecule is Cc1cccc2c1ccn2Cc1ccc([N+](=O)[O-])o1. The van der Waals surface area contributed by atoms with Crippen molar-refractivity contribution in [3.63, 3.8) is 0 Å². The number of hydrogen-bond donors (Lipinski definition) is 0. The third-order valence-corrected chi connectivity index (χ3v) is 3.19. The van der Waals surface area contributed by atoms with E-state index in [1.807, 2.05) is 29.0 Å². The molecule has 1 aromatic carbocycles. The largest absolute Gasteiger partial charge is 0.433 e. The van der Waals surface area contributed by atoms with Crippen molar-refractivity contribution in [2.24, 2.45) is 0 Å². The Balaban J connectivity index is 1.96. The lowest BCUT2D eigenvalue weighted by Crippen LogP contribution is -1.96. The maximum atomic E-state index is 10.6. The number of hydrogen-bond acceptors (Lipinski definition) is 3. The number of fused-ring (bicyclic) bond motifs is 1. The minimum atomic E-state index is -0.526. The molecule has 5 nitrogen and oxygen atoms in total. The van der Waals surface area contributed by atoms with Gasteiger partial charge in [0.1, 0.15) is 10.7 Å². The minimum absolute atomic E-state index is 0.220. The number of nitro groups is 1. The van der Waals surface area contributed by atoms with Crippen molar-refractivity contribution in [2.75, 3.05) is 0 Å². The van der Waals surface area contributed by atoms with Crippen molar-refractivity contribution < 1.29 is 9.34 Å². The first-order valence-electron chi connectivity index (χ1n) is 5.93. The third kappa shape index (κ3) is 1.99. The highest BCUT2D eigenvalue weighted by molar-refractivity contribution is 5.83. The molecule has 19 heavy (non-hydrogen) atoms. The highest BCUT2D eigenvalue weighted by Crippen LogP contribution is 2.22. The van der Waals surface area contributed by atoms with Crippen LogP contribution < -0.4 is 0 Å². The van der Waals surface area contributed by atoms with Gasteiger partial charge in [-0.1, -0.05) is 12.1 Å². The predicted octanol–water partition coefficient (Wildman–Crippen LogP) is 3.50. The average molecular weight is 256 g/mol. The van der Waals surface area contributed by atoms with Gasteiger partial charge in [0, 0.05) is 17.1 Å². The lowest BCUT2D eigenvalue weighted by molar-refractivity contribution is -0.402. The summed E-state index contributed by atoms with van der Waals surface area (Å²) in [7, 11) is 0. The van der Waals surface area contributed by atoms with Gasteiger partial charge in [-0.2, -0.15) is 0 Å². The molecule has 96 valence electrons. The van der Waals surface area contributed by atoms with Crippen LogP contribution in [0, 0.1) is 17.0 Å². The number of aryl methyl sites for hydroxylation is 1. The third-order valence-electron chi connectivity index (χ3n) is 3.19. The van der Waals surface area contributed by atoms with Crippen molar-refractivity contribution in [1.82, 2.24) is 4.57 Å². The molecule has 2 aromatic heterocycles. The van der Waals surface area contributed by atoms with Crippen LogP contribution in [0.5, 0.6) is 0 Å². The van der Waals surface area contributed by atoms with E-state index in [9.17, 15) is 10.1 Å². The summed E-state index contributed by atoms with van der Waals surface area (Å²) < 4.78 is 7.20. The lowest BCUT2D eigenvalue weighted by atomic mass is 10.1. The van der Waals surface area contributed by atoms with Crippen LogP contribution in [0.15, 0.2) is 47.0 Å². The van der Waals surface area contributed by atoms with E-state index >= 15 is 0 Å². The Hall–Kier alpha value is -2.56. The van der Waals surface area contributed by atoms with E-state index in [0.29, 0.717) is 12.3 Å². The van der Waals surface area contributed by atoms with Gasteiger partial charge in [-0.3, -0.25) is 10.1 Å². The second-order valence-electron chi connectivity index (χ2n) is 4.45. The second-order valence-corrected chi connectivity index (χ2v) is 4.45. The summed E-state index contributed by atoms with van der Waals surface area (Å²) in [6, 6.07) is 11.1. The first-order valence-corrected chi connectivity index (χ1v) is 5.93. The number of aromatic nitrogens is 1. The standard InChI is InChI=1S/C14H12N2O3/c1-10-3-2-4-13-12(10)7-8-15(13)9-11-5-6-14(19-11)16(17)18/h2-8H,9H2,1H3.